The summed E-state index contributed by atoms with van der Waals surface area (Å²) in [5.41, 5.74) is 1.81. The lowest BCUT2D eigenvalue weighted by molar-refractivity contribution is -0.134. The molecule has 1 N–H and O–H groups in total. The Balaban J connectivity index is 1.68. The van der Waals surface area contributed by atoms with Gasteiger partial charge in [-0.1, -0.05) is 12.1 Å². The first-order chi connectivity index (χ1) is 14.5. The van der Waals surface area contributed by atoms with Crippen LogP contribution in [0.5, 0.6) is 17.2 Å². The van der Waals surface area contributed by atoms with Gasteiger partial charge in [0, 0.05) is 30.9 Å². The van der Waals surface area contributed by atoms with Crippen molar-refractivity contribution in [3.05, 3.63) is 47.5 Å². The third kappa shape index (κ3) is 5.01. The van der Waals surface area contributed by atoms with Crippen molar-refractivity contribution in [2.45, 2.75) is 6.42 Å². The molecule has 0 saturated carbocycles. The number of morpholine rings is 1. The smallest absolute Gasteiger partial charge is 0.259 e. The van der Waals surface area contributed by atoms with Crippen molar-refractivity contribution in [2.75, 3.05) is 52.9 Å². The summed E-state index contributed by atoms with van der Waals surface area (Å²) in [7, 11) is 4.50. The number of carbonyl (C=O) groups excluding carboxylic acids is 2. The van der Waals surface area contributed by atoms with Crippen molar-refractivity contribution in [3.8, 4) is 17.2 Å². The highest BCUT2D eigenvalue weighted by Gasteiger charge is 2.19. The van der Waals surface area contributed by atoms with E-state index in [0.717, 1.165) is 5.56 Å². The Hall–Kier alpha value is -3.26. The lowest BCUT2D eigenvalue weighted by atomic mass is 10.1. The summed E-state index contributed by atoms with van der Waals surface area (Å²) in [6.45, 7) is 2.41. The first kappa shape index (κ1) is 21.4. The van der Waals surface area contributed by atoms with E-state index in [-0.39, 0.29) is 11.8 Å². The van der Waals surface area contributed by atoms with Gasteiger partial charge in [0.2, 0.25) is 5.91 Å². The van der Waals surface area contributed by atoms with Crippen molar-refractivity contribution in [2.24, 2.45) is 0 Å². The van der Waals surface area contributed by atoms with Crippen LogP contribution >= 0.6 is 0 Å². The van der Waals surface area contributed by atoms with Gasteiger partial charge in [-0.3, -0.25) is 9.59 Å². The number of anilines is 1. The number of nitrogens with one attached hydrogen (secondary N) is 1. The van der Waals surface area contributed by atoms with Gasteiger partial charge in [-0.05, 0) is 17.7 Å². The predicted octanol–water partition coefficient (Wildman–Crippen LogP) is 2.37. The van der Waals surface area contributed by atoms with Crippen molar-refractivity contribution >= 4 is 17.5 Å². The minimum atomic E-state index is -0.343. The lowest BCUT2D eigenvalue weighted by Crippen LogP contribution is -2.41. The van der Waals surface area contributed by atoms with E-state index >= 15 is 0 Å². The average Bonchev–Trinajstić information content (AvgIpc) is 2.79. The first-order valence-corrected chi connectivity index (χ1v) is 9.61. The number of methoxy groups -OCH3 is 3. The third-order valence-corrected chi connectivity index (χ3v) is 4.88. The van der Waals surface area contributed by atoms with Crippen molar-refractivity contribution < 1.29 is 28.5 Å². The number of benzene rings is 2. The lowest BCUT2D eigenvalue weighted by Gasteiger charge is -2.26. The average molecular weight is 414 g/mol. The molecule has 1 fully saturated rings. The van der Waals surface area contributed by atoms with E-state index in [1.165, 1.54) is 21.3 Å². The van der Waals surface area contributed by atoms with Crippen molar-refractivity contribution in [1.29, 1.82) is 0 Å². The molecule has 3 rings (SSSR count). The van der Waals surface area contributed by atoms with E-state index in [0.29, 0.717) is 61.2 Å². The van der Waals surface area contributed by atoms with Crippen LogP contribution in [0.1, 0.15) is 15.9 Å². The molecule has 8 heteroatoms. The second-order valence-electron chi connectivity index (χ2n) is 6.73. The van der Waals surface area contributed by atoms with Gasteiger partial charge in [0.05, 0.1) is 46.5 Å². The Bertz CT molecular complexity index is 891. The molecule has 0 unspecified atom stereocenters. The molecule has 1 aliphatic heterocycles. The molecule has 0 bridgehead atoms. The Morgan fingerprint density at radius 2 is 1.53 bits per heavy atom. The number of ether oxygens (including phenoxy) is 4. The van der Waals surface area contributed by atoms with Crippen LogP contribution in [0.15, 0.2) is 36.4 Å². The number of rotatable bonds is 7. The number of nitrogens with zero attached hydrogens (tertiary/aromatic N) is 1. The molecule has 1 saturated heterocycles. The van der Waals surface area contributed by atoms with Gasteiger partial charge in [-0.15, -0.1) is 0 Å². The largest absolute Gasteiger partial charge is 0.496 e. The monoisotopic (exact) mass is 414 g/mol. The Morgan fingerprint density at radius 1 is 0.933 bits per heavy atom. The van der Waals surface area contributed by atoms with E-state index in [1.54, 1.807) is 24.3 Å². The van der Waals surface area contributed by atoms with Gasteiger partial charge in [0.15, 0.2) is 11.5 Å². The molecular weight excluding hydrogens is 388 g/mol. The summed E-state index contributed by atoms with van der Waals surface area (Å²) < 4.78 is 21.1. The summed E-state index contributed by atoms with van der Waals surface area (Å²) in [4.78, 5) is 26.9. The predicted molar refractivity (Wildman–Crippen MR) is 112 cm³/mol. The first-order valence-electron chi connectivity index (χ1n) is 9.61. The van der Waals surface area contributed by atoms with E-state index in [9.17, 15) is 9.59 Å². The number of hydrogen-bond donors (Lipinski definition) is 1. The second-order valence-corrected chi connectivity index (χ2v) is 6.73. The van der Waals surface area contributed by atoms with Gasteiger partial charge < -0.3 is 29.2 Å². The Kier molecular flexibility index (Phi) is 7.13. The molecule has 0 radical (unpaired) electrons. The van der Waals surface area contributed by atoms with Crippen molar-refractivity contribution in [1.82, 2.24) is 4.90 Å². The van der Waals surface area contributed by atoms with Crippen LogP contribution in [-0.4, -0.2) is 64.3 Å². The maximum atomic E-state index is 12.8. The van der Waals surface area contributed by atoms with E-state index in [4.69, 9.17) is 18.9 Å². The van der Waals surface area contributed by atoms with Crippen LogP contribution in [0.4, 0.5) is 5.69 Å². The molecule has 0 spiro atoms. The minimum Gasteiger partial charge on any atom is -0.496 e. The highest BCUT2D eigenvalue weighted by Crippen LogP contribution is 2.35. The van der Waals surface area contributed by atoms with Crippen molar-refractivity contribution in [3.63, 3.8) is 0 Å². The summed E-state index contributed by atoms with van der Waals surface area (Å²) in [6.07, 6.45) is 0.317. The molecule has 0 atom stereocenters. The molecule has 30 heavy (non-hydrogen) atoms. The van der Waals surface area contributed by atoms with Crippen LogP contribution in [0.25, 0.3) is 0 Å². The zero-order valence-electron chi connectivity index (χ0n) is 17.4. The van der Waals surface area contributed by atoms with Crippen LogP contribution in [0.3, 0.4) is 0 Å². The molecule has 1 heterocycles. The fourth-order valence-electron chi connectivity index (χ4n) is 3.21. The molecule has 8 nitrogen and oxygen atoms in total. The molecule has 2 aromatic rings. The van der Waals surface area contributed by atoms with Gasteiger partial charge in [0.1, 0.15) is 5.75 Å². The number of carbonyl (C=O) groups is 2. The highest BCUT2D eigenvalue weighted by molar-refractivity contribution is 6.06. The minimum absolute atomic E-state index is 0.0742. The van der Waals surface area contributed by atoms with E-state index in [2.05, 4.69) is 5.32 Å². The normalized spacial score (nSPS) is 13.5. The second kappa shape index (κ2) is 9.98. The van der Waals surface area contributed by atoms with Crippen LogP contribution in [0, 0.1) is 0 Å². The molecule has 0 aliphatic carbocycles. The molecule has 2 aromatic carbocycles. The maximum Gasteiger partial charge on any atom is 0.259 e. The summed E-state index contributed by atoms with van der Waals surface area (Å²) in [6, 6.07) is 10.4. The van der Waals surface area contributed by atoms with E-state index in [1.807, 2.05) is 17.0 Å². The molecule has 160 valence electrons. The standard InChI is InChI=1S/C22H26N2O6/c1-27-18-14-20(29-3)19(28-2)13-17(18)22(26)23-16-6-4-15(5-7-16)12-21(25)24-8-10-30-11-9-24/h4-7,13-14H,8-12H2,1-3H3,(H,23,26). The molecule has 1 aliphatic rings. The van der Waals surface area contributed by atoms with E-state index < -0.39 is 0 Å². The summed E-state index contributed by atoms with van der Waals surface area (Å²) in [5, 5.41) is 2.84. The number of hydrogen-bond acceptors (Lipinski definition) is 6. The summed E-state index contributed by atoms with van der Waals surface area (Å²) in [5.74, 6) is 1.01. The molecular formula is C22H26N2O6. The molecule has 0 aromatic heterocycles. The highest BCUT2D eigenvalue weighted by atomic mass is 16.5. The zero-order chi connectivity index (χ0) is 21.5. The third-order valence-electron chi connectivity index (χ3n) is 4.88. The Labute approximate surface area is 175 Å². The Morgan fingerprint density at radius 3 is 2.13 bits per heavy atom. The van der Waals surface area contributed by atoms with Gasteiger partial charge in [-0.2, -0.15) is 0 Å². The van der Waals surface area contributed by atoms with Gasteiger partial charge in [-0.25, -0.2) is 0 Å². The van der Waals surface area contributed by atoms with Crippen LogP contribution in [0.2, 0.25) is 0 Å². The topological polar surface area (TPSA) is 86.3 Å². The van der Waals surface area contributed by atoms with Crippen LogP contribution < -0.4 is 19.5 Å². The van der Waals surface area contributed by atoms with Gasteiger partial charge >= 0.3 is 0 Å². The van der Waals surface area contributed by atoms with Gasteiger partial charge in [0.25, 0.3) is 5.91 Å². The SMILES string of the molecule is COc1cc(OC)c(C(=O)Nc2ccc(CC(=O)N3CCOCC3)cc2)cc1OC. The quantitative estimate of drug-likeness (QED) is 0.749. The fraction of sp³-hybridized carbons (Fsp3) is 0.364. The number of amides is 2. The van der Waals surface area contributed by atoms with Crippen LogP contribution in [-0.2, 0) is 16.0 Å². The maximum absolute atomic E-state index is 12.8. The summed E-state index contributed by atoms with van der Waals surface area (Å²) >= 11 is 0. The zero-order valence-corrected chi connectivity index (χ0v) is 17.4. The fourth-order valence-corrected chi connectivity index (χ4v) is 3.21. The molecule has 2 amide bonds.